The third-order valence-electron chi connectivity index (χ3n) is 4.57. The van der Waals surface area contributed by atoms with Gasteiger partial charge < -0.3 is 9.84 Å². The minimum absolute atomic E-state index is 0.0629. The topological polar surface area (TPSA) is 49.8 Å². The quantitative estimate of drug-likeness (QED) is 0.820. The van der Waals surface area contributed by atoms with Gasteiger partial charge >= 0.3 is 12.1 Å². The number of aliphatic carboxylic acids is 1. The van der Waals surface area contributed by atoms with Crippen LogP contribution < -0.4 is 4.74 Å². The Morgan fingerprint density at radius 2 is 1.96 bits per heavy atom. The summed E-state index contributed by atoms with van der Waals surface area (Å²) in [5.74, 6) is -0.190. The lowest BCUT2D eigenvalue weighted by Gasteiger charge is -2.28. The SMILES string of the molecule is O=C(O)CCN1CCc2cc(OCc3cccc(C(F)(F)F)c3)ccc2C1. The van der Waals surface area contributed by atoms with Crippen LogP contribution in [0, 0.1) is 0 Å². The Bertz CT molecular complexity index is 820. The van der Waals surface area contributed by atoms with Crippen LogP contribution in [-0.2, 0) is 30.5 Å². The van der Waals surface area contributed by atoms with Gasteiger partial charge in [-0.25, -0.2) is 0 Å². The second kappa shape index (κ2) is 8.00. The monoisotopic (exact) mass is 379 g/mol. The summed E-state index contributed by atoms with van der Waals surface area (Å²) >= 11 is 0. The molecule has 0 bridgehead atoms. The first-order chi connectivity index (χ1) is 12.8. The molecule has 2 aromatic rings. The number of carboxylic acids is 1. The van der Waals surface area contributed by atoms with Crippen molar-refractivity contribution in [1.29, 1.82) is 0 Å². The molecule has 3 rings (SSSR count). The Balaban J connectivity index is 1.61. The van der Waals surface area contributed by atoms with Crippen LogP contribution in [0.2, 0.25) is 0 Å². The number of benzene rings is 2. The van der Waals surface area contributed by atoms with E-state index in [0.29, 0.717) is 24.4 Å². The van der Waals surface area contributed by atoms with Crippen molar-refractivity contribution in [2.45, 2.75) is 32.2 Å². The predicted octanol–water partition coefficient (Wildman–Crippen LogP) is 4.12. The number of hydrogen-bond donors (Lipinski definition) is 1. The van der Waals surface area contributed by atoms with Crippen molar-refractivity contribution in [3.63, 3.8) is 0 Å². The van der Waals surface area contributed by atoms with Gasteiger partial charge in [0.05, 0.1) is 12.0 Å². The summed E-state index contributed by atoms with van der Waals surface area (Å²) in [6, 6.07) is 10.8. The fourth-order valence-corrected chi connectivity index (χ4v) is 3.13. The molecule has 0 aliphatic carbocycles. The van der Waals surface area contributed by atoms with E-state index in [1.54, 1.807) is 12.1 Å². The number of nitrogens with zero attached hydrogens (tertiary/aromatic N) is 1. The average Bonchev–Trinajstić information content (AvgIpc) is 2.64. The molecule has 0 radical (unpaired) electrons. The largest absolute Gasteiger partial charge is 0.489 e. The van der Waals surface area contributed by atoms with E-state index in [9.17, 15) is 18.0 Å². The Morgan fingerprint density at radius 1 is 1.15 bits per heavy atom. The van der Waals surface area contributed by atoms with Crippen LogP contribution in [0.5, 0.6) is 5.75 Å². The number of carbonyl (C=O) groups is 1. The van der Waals surface area contributed by atoms with E-state index in [-0.39, 0.29) is 13.0 Å². The smallest absolute Gasteiger partial charge is 0.416 e. The van der Waals surface area contributed by atoms with Crippen molar-refractivity contribution in [1.82, 2.24) is 4.90 Å². The van der Waals surface area contributed by atoms with Gasteiger partial charge in [-0.05, 0) is 47.4 Å². The molecule has 1 aliphatic heterocycles. The van der Waals surface area contributed by atoms with Crippen LogP contribution in [0.4, 0.5) is 13.2 Å². The maximum Gasteiger partial charge on any atom is 0.416 e. The van der Waals surface area contributed by atoms with Gasteiger partial charge in [-0.3, -0.25) is 9.69 Å². The first-order valence-electron chi connectivity index (χ1n) is 8.66. The van der Waals surface area contributed by atoms with Gasteiger partial charge in [0.15, 0.2) is 0 Å². The molecule has 0 unspecified atom stereocenters. The Hall–Kier alpha value is -2.54. The summed E-state index contributed by atoms with van der Waals surface area (Å²) in [6.07, 6.45) is -3.46. The van der Waals surface area contributed by atoms with Crippen LogP contribution in [0.1, 0.15) is 28.7 Å². The third-order valence-corrected chi connectivity index (χ3v) is 4.57. The molecular formula is C20H20F3NO3. The lowest BCUT2D eigenvalue weighted by Crippen LogP contribution is -2.32. The average molecular weight is 379 g/mol. The molecule has 27 heavy (non-hydrogen) atoms. The molecule has 1 aliphatic rings. The van der Waals surface area contributed by atoms with Gasteiger partial charge in [-0.2, -0.15) is 13.2 Å². The minimum Gasteiger partial charge on any atom is -0.489 e. The van der Waals surface area contributed by atoms with E-state index in [2.05, 4.69) is 4.90 Å². The number of halogens is 3. The van der Waals surface area contributed by atoms with Crippen LogP contribution in [0.25, 0.3) is 0 Å². The third kappa shape index (κ3) is 5.23. The summed E-state index contributed by atoms with van der Waals surface area (Å²) in [7, 11) is 0. The second-order valence-corrected chi connectivity index (χ2v) is 6.59. The zero-order chi connectivity index (χ0) is 19.4. The normalized spacial score (nSPS) is 14.6. The number of alkyl halides is 3. The maximum atomic E-state index is 12.8. The highest BCUT2D eigenvalue weighted by Gasteiger charge is 2.30. The summed E-state index contributed by atoms with van der Waals surface area (Å²) in [6.45, 7) is 2.05. The molecule has 0 amide bonds. The molecule has 0 aromatic heterocycles. The minimum atomic E-state index is -4.37. The highest BCUT2D eigenvalue weighted by atomic mass is 19.4. The Labute approximate surface area is 155 Å². The molecule has 0 atom stereocenters. The van der Waals surface area contributed by atoms with Gasteiger partial charge in [0.2, 0.25) is 0 Å². The van der Waals surface area contributed by atoms with Gasteiger partial charge in [0, 0.05) is 19.6 Å². The van der Waals surface area contributed by atoms with Crippen molar-refractivity contribution in [3.8, 4) is 5.75 Å². The molecule has 2 aromatic carbocycles. The lowest BCUT2D eigenvalue weighted by molar-refractivity contribution is -0.138. The van der Waals surface area contributed by atoms with Gasteiger partial charge in [0.1, 0.15) is 12.4 Å². The highest BCUT2D eigenvalue weighted by Crippen LogP contribution is 2.30. The first kappa shape index (κ1) is 19.2. The zero-order valence-corrected chi connectivity index (χ0v) is 14.6. The molecular weight excluding hydrogens is 359 g/mol. The van der Waals surface area contributed by atoms with E-state index >= 15 is 0 Å². The molecule has 0 saturated carbocycles. The Morgan fingerprint density at radius 3 is 2.70 bits per heavy atom. The fraction of sp³-hybridized carbons (Fsp3) is 0.350. The first-order valence-corrected chi connectivity index (χ1v) is 8.66. The van der Waals surface area contributed by atoms with Gasteiger partial charge in [-0.1, -0.05) is 18.2 Å². The number of rotatable bonds is 6. The van der Waals surface area contributed by atoms with Crippen LogP contribution in [-0.4, -0.2) is 29.1 Å². The van der Waals surface area contributed by atoms with Crippen molar-refractivity contribution in [2.24, 2.45) is 0 Å². The van der Waals surface area contributed by atoms with Crippen LogP contribution in [0.15, 0.2) is 42.5 Å². The molecule has 0 fully saturated rings. The van der Waals surface area contributed by atoms with Crippen molar-refractivity contribution in [2.75, 3.05) is 13.1 Å². The van der Waals surface area contributed by atoms with Crippen molar-refractivity contribution in [3.05, 3.63) is 64.7 Å². The molecule has 1 N–H and O–H groups in total. The second-order valence-electron chi connectivity index (χ2n) is 6.59. The summed E-state index contributed by atoms with van der Waals surface area (Å²) in [5, 5.41) is 8.78. The summed E-state index contributed by atoms with van der Waals surface area (Å²) in [4.78, 5) is 12.8. The van der Waals surface area contributed by atoms with Crippen LogP contribution >= 0.6 is 0 Å². The summed E-state index contributed by atoms with van der Waals surface area (Å²) in [5.41, 5.74) is 2.03. The van der Waals surface area contributed by atoms with E-state index < -0.39 is 17.7 Å². The molecule has 144 valence electrons. The summed E-state index contributed by atoms with van der Waals surface area (Å²) < 4.78 is 44.0. The van der Waals surface area contributed by atoms with E-state index in [0.717, 1.165) is 36.2 Å². The van der Waals surface area contributed by atoms with Gasteiger partial charge in [0.25, 0.3) is 0 Å². The molecule has 1 heterocycles. The van der Waals surface area contributed by atoms with Crippen molar-refractivity contribution < 1.29 is 27.8 Å². The fourth-order valence-electron chi connectivity index (χ4n) is 3.13. The molecule has 4 nitrogen and oxygen atoms in total. The number of hydrogen-bond acceptors (Lipinski definition) is 3. The predicted molar refractivity (Wildman–Crippen MR) is 93.5 cm³/mol. The number of fused-ring (bicyclic) bond motifs is 1. The standard InChI is InChI=1S/C20H20F3NO3/c21-20(22,23)17-3-1-2-14(10-17)13-27-18-5-4-16-12-24(9-7-19(25)26)8-6-15(16)11-18/h1-5,10-11H,6-9,12-13H2,(H,25,26). The van der Waals surface area contributed by atoms with E-state index in [4.69, 9.17) is 9.84 Å². The van der Waals surface area contributed by atoms with Crippen molar-refractivity contribution >= 4 is 5.97 Å². The molecule has 0 saturated heterocycles. The number of carboxylic acid groups (broad SMARTS) is 1. The molecule has 0 spiro atoms. The lowest BCUT2D eigenvalue weighted by atomic mass is 9.99. The number of ether oxygens (including phenoxy) is 1. The highest BCUT2D eigenvalue weighted by molar-refractivity contribution is 5.66. The maximum absolute atomic E-state index is 12.8. The van der Waals surface area contributed by atoms with Crippen LogP contribution in [0.3, 0.4) is 0 Å². The van der Waals surface area contributed by atoms with Gasteiger partial charge in [-0.15, -0.1) is 0 Å². The van der Waals surface area contributed by atoms with E-state index in [1.807, 2.05) is 12.1 Å². The zero-order valence-electron chi connectivity index (χ0n) is 14.6. The molecule has 7 heteroatoms. The van der Waals surface area contributed by atoms with E-state index in [1.165, 1.54) is 6.07 Å². The Kier molecular flexibility index (Phi) is 5.70.